The van der Waals surface area contributed by atoms with Gasteiger partial charge in [-0.3, -0.25) is 0 Å². The maximum atomic E-state index is 11.0. The SMILES string of the molecule is COC[C@H]1O[C@@]2(C)C(O)C=C(C[C@H]3OCCC[C@@H]3OCc3ccc(OC)cc3)O[C@@H]2C[C@@H]1OC. The van der Waals surface area contributed by atoms with Crippen LogP contribution in [0, 0.1) is 0 Å². The van der Waals surface area contributed by atoms with Gasteiger partial charge in [0.15, 0.2) is 0 Å². The van der Waals surface area contributed by atoms with E-state index in [0.717, 1.165) is 24.2 Å². The molecule has 8 nitrogen and oxygen atoms in total. The molecule has 0 spiro atoms. The number of aliphatic hydroxyl groups excluding tert-OH is 1. The number of hydrogen-bond acceptors (Lipinski definition) is 8. The molecule has 1 unspecified atom stereocenters. The number of aliphatic hydroxyl groups is 1. The highest BCUT2D eigenvalue weighted by atomic mass is 16.6. The predicted molar refractivity (Wildman–Crippen MR) is 125 cm³/mol. The molecule has 2 fully saturated rings. The molecule has 3 aliphatic rings. The molecule has 0 aromatic heterocycles. The Labute approximate surface area is 202 Å². The zero-order valence-electron chi connectivity index (χ0n) is 20.6. The lowest BCUT2D eigenvalue weighted by Crippen LogP contribution is -2.63. The van der Waals surface area contributed by atoms with Gasteiger partial charge in [-0.1, -0.05) is 12.1 Å². The number of rotatable bonds is 9. The maximum absolute atomic E-state index is 11.0. The van der Waals surface area contributed by atoms with Crippen LogP contribution in [-0.2, 0) is 35.0 Å². The van der Waals surface area contributed by atoms with Crippen molar-refractivity contribution in [2.45, 2.75) is 81.4 Å². The van der Waals surface area contributed by atoms with E-state index in [1.807, 2.05) is 31.2 Å². The molecule has 7 atom stereocenters. The smallest absolute Gasteiger partial charge is 0.132 e. The van der Waals surface area contributed by atoms with Gasteiger partial charge in [-0.05, 0) is 43.5 Å². The standard InChI is InChI=1S/C26H38O8/c1-26-24(27)13-19(33-25(26)14-21(30-4)23(34-26)16-28-2)12-22-20(6-5-11-31-22)32-15-17-7-9-18(29-3)10-8-17/h7-10,13,20-25,27H,5-6,11-12,14-16H2,1-4H3/t20-,21-,22+,23+,24?,25+,26-/m0/s1. The van der Waals surface area contributed by atoms with Crippen molar-refractivity contribution in [3.05, 3.63) is 41.7 Å². The van der Waals surface area contributed by atoms with Crippen LogP contribution in [0.5, 0.6) is 5.75 Å². The minimum Gasteiger partial charge on any atom is -0.497 e. The van der Waals surface area contributed by atoms with E-state index in [2.05, 4.69) is 0 Å². The Morgan fingerprint density at radius 2 is 1.88 bits per heavy atom. The van der Waals surface area contributed by atoms with E-state index >= 15 is 0 Å². The van der Waals surface area contributed by atoms with Crippen LogP contribution in [0.4, 0.5) is 0 Å². The van der Waals surface area contributed by atoms with Crippen molar-refractivity contribution in [1.29, 1.82) is 0 Å². The Kier molecular flexibility index (Phi) is 8.50. The fourth-order valence-corrected chi connectivity index (χ4v) is 5.05. The Morgan fingerprint density at radius 1 is 1.09 bits per heavy atom. The molecule has 0 aliphatic carbocycles. The molecule has 1 aromatic rings. The van der Waals surface area contributed by atoms with Gasteiger partial charge >= 0.3 is 0 Å². The van der Waals surface area contributed by atoms with Crippen molar-refractivity contribution in [2.24, 2.45) is 0 Å². The van der Waals surface area contributed by atoms with Crippen LogP contribution in [0.1, 0.15) is 38.2 Å². The first-order valence-corrected chi connectivity index (χ1v) is 12.1. The van der Waals surface area contributed by atoms with Crippen molar-refractivity contribution in [2.75, 3.05) is 34.5 Å². The van der Waals surface area contributed by atoms with Gasteiger partial charge < -0.3 is 38.3 Å². The first kappa shape index (κ1) is 25.4. The number of benzene rings is 1. The minimum atomic E-state index is -0.862. The van der Waals surface area contributed by atoms with Crippen molar-refractivity contribution in [3.8, 4) is 5.75 Å². The van der Waals surface area contributed by atoms with Gasteiger partial charge in [-0.25, -0.2) is 0 Å². The van der Waals surface area contributed by atoms with Crippen molar-refractivity contribution >= 4 is 0 Å². The third-order valence-corrected chi connectivity index (χ3v) is 7.17. The largest absolute Gasteiger partial charge is 0.497 e. The normalized spacial score (nSPS) is 35.7. The number of hydrogen-bond donors (Lipinski definition) is 1. The molecule has 1 aromatic carbocycles. The van der Waals surface area contributed by atoms with Gasteiger partial charge in [0, 0.05) is 33.7 Å². The average Bonchev–Trinajstić information content (AvgIpc) is 2.85. The van der Waals surface area contributed by atoms with Gasteiger partial charge in [0.1, 0.15) is 29.7 Å². The first-order chi connectivity index (χ1) is 16.5. The molecule has 190 valence electrons. The molecule has 8 heteroatoms. The Balaban J connectivity index is 1.40. The third kappa shape index (κ3) is 5.58. The lowest BCUT2D eigenvalue weighted by atomic mass is 9.81. The van der Waals surface area contributed by atoms with Crippen LogP contribution in [0.25, 0.3) is 0 Å². The van der Waals surface area contributed by atoms with Crippen molar-refractivity contribution in [3.63, 3.8) is 0 Å². The lowest BCUT2D eigenvalue weighted by Gasteiger charge is -2.51. The summed E-state index contributed by atoms with van der Waals surface area (Å²) in [5, 5.41) is 11.0. The highest BCUT2D eigenvalue weighted by molar-refractivity contribution is 5.26. The summed E-state index contributed by atoms with van der Waals surface area (Å²) >= 11 is 0. The lowest BCUT2D eigenvalue weighted by molar-refractivity contribution is -0.268. The summed E-state index contributed by atoms with van der Waals surface area (Å²) in [5.74, 6) is 1.54. The summed E-state index contributed by atoms with van der Waals surface area (Å²) in [7, 11) is 4.95. The van der Waals surface area contributed by atoms with Crippen molar-refractivity contribution in [1.82, 2.24) is 0 Å². The van der Waals surface area contributed by atoms with Crippen molar-refractivity contribution < 1.29 is 38.3 Å². The zero-order chi connectivity index (χ0) is 24.1. The molecule has 3 aliphatic heterocycles. The van der Waals surface area contributed by atoms with E-state index in [1.54, 1.807) is 27.4 Å². The zero-order valence-corrected chi connectivity index (χ0v) is 20.6. The Hall–Kier alpha value is -1.68. The van der Waals surface area contributed by atoms with Crippen LogP contribution in [-0.4, -0.2) is 81.9 Å². The molecule has 1 N–H and O–H groups in total. The molecule has 0 radical (unpaired) electrons. The van der Waals surface area contributed by atoms with E-state index in [9.17, 15) is 5.11 Å². The van der Waals surface area contributed by atoms with Crippen LogP contribution in [0.15, 0.2) is 36.1 Å². The molecule has 0 bridgehead atoms. The number of fused-ring (bicyclic) bond motifs is 1. The number of ether oxygens (including phenoxy) is 7. The van der Waals surface area contributed by atoms with E-state index in [1.165, 1.54) is 0 Å². The van der Waals surface area contributed by atoms with E-state index in [4.69, 9.17) is 33.2 Å². The van der Waals surface area contributed by atoms with Crippen LogP contribution < -0.4 is 4.74 Å². The third-order valence-electron chi connectivity index (χ3n) is 7.17. The van der Waals surface area contributed by atoms with Gasteiger partial charge in [-0.15, -0.1) is 0 Å². The van der Waals surface area contributed by atoms with Crippen LogP contribution in [0.2, 0.25) is 0 Å². The molecule has 2 saturated heterocycles. The summed E-state index contributed by atoms with van der Waals surface area (Å²) in [5.41, 5.74) is 0.222. The summed E-state index contributed by atoms with van der Waals surface area (Å²) < 4.78 is 41.1. The van der Waals surface area contributed by atoms with E-state index in [-0.39, 0.29) is 30.5 Å². The van der Waals surface area contributed by atoms with Gasteiger partial charge in [-0.2, -0.15) is 0 Å². The second-order valence-corrected chi connectivity index (χ2v) is 9.44. The fourth-order valence-electron chi connectivity index (χ4n) is 5.05. The summed E-state index contributed by atoms with van der Waals surface area (Å²) in [6.07, 6.45) is 3.02. The number of methoxy groups -OCH3 is 3. The molecular formula is C26H38O8. The van der Waals surface area contributed by atoms with E-state index in [0.29, 0.717) is 38.4 Å². The van der Waals surface area contributed by atoms with Crippen LogP contribution >= 0.6 is 0 Å². The summed E-state index contributed by atoms with van der Waals surface area (Å²) in [4.78, 5) is 0. The van der Waals surface area contributed by atoms with Gasteiger partial charge in [0.25, 0.3) is 0 Å². The quantitative estimate of drug-likeness (QED) is 0.580. The molecule has 0 amide bonds. The van der Waals surface area contributed by atoms with Gasteiger partial charge in [0.05, 0.1) is 44.4 Å². The summed E-state index contributed by atoms with van der Waals surface area (Å²) in [6.45, 7) is 3.48. The first-order valence-electron chi connectivity index (χ1n) is 12.1. The predicted octanol–water partition coefficient (Wildman–Crippen LogP) is 3.00. The topological polar surface area (TPSA) is 84.8 Å². The monoisotopic (exact) mass is 478 g/mol. The second-order valence-electron chi connectivity index (χ2n) is 9.44. The highest BCUT2D eigenvalue weighted by Gasteiger charge is 2.53. The Morgan fingerprint density at radius 3 is 2.59 bits per heavy atom. The van der Waals surface area contributed by atoms with Crippen LogP contribution in [0.3, 0.4) is 0 Å². The van der Waals surface area contributed by atoms with E-state index < -0.39 is 11.7 Å². The van der Waals surface area contributed by atoms with Gasteiger partial charge in [0.2, 0.25) is 0 Å². The molecule has 0 saturated carbocycles. The minimum absolute atomic E-state index is 0.0498. The summed E-state index contributed by atoms with van der Waals surface area (Å²) in [6, 6.07) is 7.88. The second kappa shape index (κ2) is 11.4. The molecule has 34 heavy (non-hydrogen) atoms. The Bertz CT molecular complexity index is 812. The average molecular weight is 479 g/mol. The highest BCUT2D eigenvalue weighted by Crippen LogP contribution is 2.41. The fraction of sp³-hybridized carbons (Fsp3) is 0.692. The molecule has 3 heterocycles. The maximum Gasteiger partial charge on any atom is 0.132 e. The molecule has 4 rings (SSSR count). The molecular weight excluding hydrogens is 440 g/mol.